The number of benzene rings is 1. The van der Waals surface area contributed by atoms with E-state index in [1.807, 2.05) is 11.3 Å². The van der Waals surface area contributed by atoms with E-state index in [-0.39, 0.29) is 0 Å². The first kappa shape index (κ1) is 13.1. The molecule has 0 aliphatic carbocycles. The first-order valence-corrected chi connectivity index (χ1v) is 8.40. The highest BCUT2D eigenvalue weighted by Crippen LogP contribution is 2.29. The second-order valence-electron chi connectivity index (χ2n) is 4.44. The Hall–Kier alpha value is -0.910. The molecular formula is C14H13BrN2S2. The number of rotatable bonds is 3. The summed E-state index contributed by atoms with van der Waals surface area (Å²) in [6, 6.07) is 8.45. The van der Waals surface area contributed by atoms with Crippen LogP contribution in [0.25, 0.3) is 10.2 Å². The molecule has 0 fully saturated rings. The van der Waals surface area contributed by atoms with Gasteiger partial charge in [-0.15, -0.1) is 11.3 Å². The zero-order chi connectivity index (χ0) is 13.4. The van der Waals surface area contributed by atoms with Crippen molar-refractivity contribution >= 4 is 54.0 Å². The monoisotopic (exact) mass is 352 g/mol. The molecule has 0 aliphatic rings. The molecule has 0 atom stereocenters. The van der Waals surface area contributed by atoms with Crippen molar-refractivity contribution < 1.29 is 0 Å². The second kappa shape index (κ2) is 5.23. The van der Waals surface area contributed by atoms with Crippen LogP contribution in [0.2, 0.25) is 0 Å². The minimum atomic E-state index is 0.848. The van der Waals surface area contributed by atoms with E-state index in [2.05, 4.69) is 64.3 Å². The Morgan fingerprint density at radius 2 is 2.05 bits per heavy atom. The molecule has 0 bridgehead atoms. The molecule has 0 spiro atoms. The molecule has 98 valence electrons. The number of fused-ring (bicyclic) bond motifs is 1. The lowest BCUT2D eigenvalue weighted by Crippen LogP contribution is -1.96. The van der Waals surface area contributed by atoms with Gasteiger partial charge in [0.15, 0.2) is 5.13 Å². The van der Waals surface area contributed by atoms with E-state index in [9.17, 15) is 0 Å². The lowest BCUT2D eigenvalue weighted by atomic mass is 10.3. The maximum Gasteiger partial charge on any atom is 0.184 e. The van der Waals surface area contributed by atoms with Crippen LogP contribution in [-0.4, -0.2) is 4.98 Å². The molecule has 0 amide bonds. The Labute approximate surface area is 128 Å². The van der Waals surface area contributed by atoms with E-state index in [4.69, 9.17) is 0 Å². The van der Waals surface area contributed by atoms with Crippen molar-refractivity contribution in [3.8, 4) is 0 Å². The highest BCUT2D eigenvalue weighted by atomic mass is 79.9. The van der Waals surface area contributed by atoms with Gasteiger partial charge in [-0.25, -0.2) is 4.98 Å². The van der Waals surface area contributed by atoms with Crippen molar-refractivity contribution in [1.29, 1.82) is 0 Å². The standard InChI is InChI=1S/C14H13BrN2S2/c1-8-5-11(18-9(8)2)7-16-14-17-12-6-10(15)3-4-13(12)19-14/h3-6H,7H2,1-2H3,(H,16,17). The van der Waals surface area contributed by atoms with Crippen LogP contribution in [0.4, 0.5) is 5.13 Å². The van der Waals surface area contributed by atoms with E-state index in [0.717, 1.165) is 21.7 Å². The van der Waals surface area contributed by atoms with Gasteiger partial charge < -0.3 is 5.32 Å². The van der Waals surface area contributed by atoms with Gasteiger partial charge >= 0.3 is 0 Å². The normalized spacial score (nSPS) is 11.1. The van der Waals surface area contributed by atoms with Crippen LogP contribution >= 0.6 is 38.6 Å². The average molecular weight is 353 g/mol. The molecule has 2 aromatic heterocycles. The lowest BCUT2D eigenvalue weighted by molar-refractivity contribution is 1.17. The zero-order valence-corrected chi connectivity index (χ0v) is 13.9. The molecule has 0 aliphatic heterocycles. The van der Waals surface area contributed by atoms with Gasteiger partial charge in [-0.3, -0.25) is 0 Å². The topological polar surface area (TPSA) is 24.9 Å². The van der Waals surface area contributed by atoms with Gasteiger partial charge in [0.05, 0.1) is 16.8 Å². The molecule has 0 unspecified atom stereocenters. The smallest absolute Gasteiger partial charge is 0.184 e. The lowest BCUT2D eigenvalue weighted by Gasteiger charge is -1.98. The van der Waals surface area contributed by atoms with Crippen molar-refractivity contribution in [2.45, 2.75) is 20.4 Å². The number of aryl methyl sites for hydroxylation is 2. The summed E-state index contributed by atoms with van der Waals surface area (Å²) in [6.45, 7) is 5.17. The van der Waals surface area contributed by atoms with E-state index in [1.54, 1.807) is 11.3 Å². The molecule has 19 heavy (non-hydrogen) atoms. The maximum atomic E-state index is 4.60. The number of hydrogen-bond donors (Lipinski definition) is 1. The quantitative estimate of drug-likeness (QED) is 0.687. The van der Waals surface area contributed by atoms with Crippen LogP contribution in [0.1, 0.15) is 15.3 Å². The Balaban J connectivity index is 1.78. The molecule has 0 saturated heterocycles. The molecule has 1 N–H and O–H groups in total. The number of thiophene rings is 1. The number of hydrogen-bond acceptors (Lipinski definition) is 4. The zero-order valence-electron chi connectivity index (χ0n) is 10.7. The fourth-order valence-corrected chi connectivity index (χ4v) is 4.06. The SMILES string of the molecule is Cc1cc(CNc2nc3cc(Br)ccc3s2)sc1C. The molecular weight excluding hydrogens is 340 g/mol. The van der Waals surface area contributed by atoms with Gasteiger partial charge in [0, 0.05) is 14.2 Å². The number of halogens is 1. The van der Waals surface area contributed by atoms with Crippen LogP contribution in [0.15, 0.2) is 28.7 Å². The number of nitrogens with zero attached hydrogens (tertiary/aromatic N) is 1. The third-order valence-corrected chi connectivity index (χ3v) is 5.62. The molecule has 2 nitrogen and oxygen atoms in total. The van der Waals surface area contributed by atoms with Crippen LogP contribution in [0.5, 0.6) is 0 Å². The highest BCUT2D eigenvalue weighted by molar-refractivity contribution is 9.10. The Bertz CT molecular complexity index is 711. The van der Waals surface area contributed by atoms with Crippen molar-refractivity contribution in [3.63, 3.8) is 0 Å². The molecule has 0 saturated carbocycles. The van der Waals surface area contributed by atoms with Gasteiger partial charge in [-0.1, -0.05) is 27.3 Å². The molecule has 0 radical (unpaired) electrons. The Morgan fingerprint density at radius 1 is 1.21 bits per heavy atom. The van der Waals surface area contributed by atoms with E-state index < -0.39 is 0 Å². The van der Waals surface area contributed by atoms with Crippen LogP contribution in [0, 0.1) is 13.8 Å². The highest BCUT2D eigenvalue weighted by Gasteiger charge is 2.05. The molecule has 3 aromatic rings. The second-order valence-corrected chi connectivity index (χ2v) is 7.72. The summed E-state index contributed by atoms with van der Waals surface area (Å²) in [5.74, 6) is 0. The summed E-state index contributed by atoms with van der Waals surface area (Å²) >= 11 is 7.02. The summed E-state index contributed by atoms with van der Waals surface area (Å²) in [5, 5.41) is 4.40. The minimum absolute atomic E-state index is 0.848. The fourth-order valence-electron chi connectivity index (χ4n) is 1.88. The maximum absolute atomic E-state index is 4.60. The van der Waals surface area contributed by atoms with Gasteiger partial charge in [0.2, 0.25) is 0 Å². The molecule has 1 aromatic carbocycles. The fraction of sp³-hybridized carbons (Fsp3) is 0.214. The van der Waals surface area contributed by atoms with E-state index in [0.29, 0.717) is 0 Å². The summed E-state index contributed by atoms with van der Waals surface area (Å²) in [6.07, 6.45) is 0. The van der Waals surface area contributed by atoms with Crippen molar-refractivity contribution in [2.75, 3.05) is 5.32 Å². The summed E-state index contributed by atoms with van der Waals surface area (Å²) < 4.78 is 2.28. The van der Waals surface area contributed by atoms with Crippen molar-refractivity contribution in [1.82, 2.24) is 4.98 Å². The first-order valence-electron chi connectivity index (χ1n) is 5.98. The van der Waals surface area contributed by atoms with Crippen LogP contribution < -0.4 is 5.32 Å². The summed E-state index contributed by atoms with van der Waals surface area (Å²) in [5.41, 5.74) is 2.41. The molecule has 2 heterocycles. The van der Waals surface area contributed by atoms with Crippen LogP contribution in [0.3, 0.4) is 0 Å². The largest absolute Gasteiger partial charge is 0.357 e. The van der Waals surface area contributed by atoms with Gasteiger partial charge in [-0.2, -0.15) is 0 Å². The van der Waals surface area contributed by atoms with Gasteiger partial charge in [-0.05, 0) is 43.7 Å². The molecule has 5 heteroatoms. The van der Waals surface area contributed by atoms with Crippen molar-refractivity contribution in [2.24, 2.45) is 0 Å². The third-order valence-electron chi connectivity index (χ3n) is 2.98. The molecule has 3 rings (SSSR count). The Kier molecular flexibility index (Phi) is 3.60. The number of nitrogens with one attached hydrogen (secondary N) is 1. The van der Waals surface area contributed by atoms with Crippen molar-refractivity contribution in [3.05, 3.63) is 44.1 Å². The third kappa shape index (κ3) is 2.83. The minimum Gasteiger partial charge on any atom is -0.357 e. The number of aromatic nitrogens is 1. The average Bonchev–Trinajstić information content (AvgIpc) is 2.90. The number of anilines is 1. The van der Waals surface area contributed by atoms with E-state index in [1.165, 1.54) is 20.0 Å². The summed E-state index contributed by atoms with van der Waals surface area (Å²) in [7, 11) is 0. The van der Waals surface area contributed by atoms with Crippen LogP contribution in [-0.2, 0) is 6.54 Å². The van der Waals surface area contributed by atoms with Gasteiger partial charge in [0.1, 0.15) is 0 Å². The Morgan fingerprint density at radius 3 is 2.79 bits per heavy atom. The first-order chi connectivity index (χ1) is 9.11. The predicted octanol–water partition coefficient (Wildman–Crippen LogP) is 5.35. The number of thiazole rings is 1. The van der Waals surface area contributed by atoms with E-state index >= 15 is 0 Å². The van der Waals surface area contributed by atoms with Gasteiger partial charge in [0.25, 0.3) is 0 Å². The predicted molar refractivity (Wildman–Crippen MR) is 88.4 cm³/mol. The summed E-state index contributed by atoms with van der Waals surface area (Å²) in [4.78, 5) is 7.35.